The molecule has 1 amide bonds. The lowest BCUT2D eigenvalue weighted by atomic mass is 10.1. The van der Waals surface area contributed by atoms with E-state index in [1.807, 2.05) is 50.2 Å². The number of nitrogens with one attached hydrogen (secondary N) is 2. The summed E-state index contributed by atoms with van der Waals surface area (Å²) in [4.78, 5) is 12.3. The molecule has 0 saturated carbocycles. The normalized spacial score (nSPS) is 9.61. The molecule has 2 aromatic carbocycles. The Bertz CT molecular complexity index is 644. The van der Waals surface area contributed by atoms with Gasteiger partial charge >= 0.3 is 0 Å². The number of rotatable bonds is 5. The number of carbonyl (C=O) groups is 1. The van der Waals surface area contributed by atoms with Gasteiger partial charge in [0.25, 0.3) is 5.91 Å². The van der Waals surface area contributed by atoms with E-state index < -0.39 is 0 Å². The maximum atomic E-state index is 12.3. The van der Waals surface area contributed by atoms with Crippen LogP contribution in [0.3, 0.4) is 0 Å². The van der Waals surface area contributed by atoms with Crippen molar-refractivity contribution in [3.05, 3.63) is 59.2 Å². The van der Waals surface area contributed by atoms with E-state index in [0.717, 1.165) is 22.5 Å². The van der Waals surface area contributed by atoms with Crippen LogP contribution in [-0.2, 0) is 0 Å². The Morgan fingerprint density at radius 2 is 1.83 bits per heavy atom. The summed E-state index contributed by atoms with van der Waals surface area (Å²) in [5, 5.41) is 6.13. The van der Waals surface area contributed by atoms with Gasteiger partial charge in [0, 0.05) is 30.0 Å². The molecule has 0 atom stereocenters. The van der Waals surface area contributed by atoms with Crippen LogP contribution in [0.1, 0.15) is 21.5 Å². The summed E-state index contributed by atoms with van der Waals surface area (Å²) in [5.74, 6) is -0.111. The molecule has 0 aromatic heterocycles. The standard InChI is InChI=1S/C17H21N3O.CH4S/c1-12-5-3-8-16(13(12)2)20-17(21)14-6-4-7-15(11-14)19-10-9-18;1-2/h3-8,11,19H,9-10,18H2,1-2H3,(H,20,21);2H,1H3. The van der Waals surface area contributed by atoms with Gasteiger partial charge in [-0.3, -0.25) is 4.79 Å². The molecule has 4 nitrogen and oxygen atoms in total. The number of thiol groups is 1. The van der Waals surface area contributed by atoms with Crippen LogP contribution in [-0.4, -0.2) is 25.3 Å². The molecule has 0 aliphatic carbocycles. The van der Waals surface area contributed by atoms with Crippen molar-refractivity contribution >= 4 is 29.9 Å². The third kappa shape index (κ3) is 5.62. The molecule has 4 N–H and O–H groups in total. The summed E-state index contributed by atoms with van der Waals surface area (Å²) in [7, 11) is 0. The number of benzene rings is 2. The van der Waals surface area contributed by atoms with Crippen molar-refractivity contribution in [1.82, 2.24) is 0 Å². The zero-order chi connectivity index (χ0) is 17.2. The number of hydrogen-bond acceptors (Lipinski definition) is 4. The van der Waals surface area contributed by atoms with Crippen LogP contribution in [0.15, 0.2) is 42.5 Å². The fourth-order valence-corrected chi connectivity index (χ4v) is 2.07. The van der Waals surface area contributed by atoms with Crippen LogP contribution in [0.2, 0.25) is 0 Å². The van der Waals surface area contributed by atoms with Gasteiger partial charge in [-0.25, -0.2) is 0 Å². The first-order chi connectivity index (χ1) is 11.1. The molecular weight excluding hydrogens is 306 g/mol. The molecule has 0 unspecified atom stereocenters. The van der Waals surface area contributed by atoms with Crippen molar-refractivity contribution in [3.63, 3.8) is 0 Å². The Kier molecular flexibility index (Phi) is 8.22. The van der Waals surface area contributed by atoms with Gasteiger partial charge in [-0.15, -0.1) is 0 Å². The molecular formula is C18H25N3OS. The third-order valence-electron chi connectivity index (χ3n) is 3.45. The zero-order valence-electron chi connectivity index (χ0n) is 13.9. The van der Waals surface area contributed by atoms with E-state index in [2.05, 4.69) is 23.3 Å². The van der Waals surface area contributed by atoms with E-state index in [4.69, 9.17) is 5.73 Å². The minimum Gasteiger partial charge on any atom is -0.384 e. The highest BCUT2D eigenvalue weighted by atomic mass is 32.1. The molecule has 5 heteroatoms. The van der Waals surface area contributed by atoms with Crippen molar-refractivity contribution in [2.75, 3.05) is 30.0 Å². The average molecular weight is 331 g/mol. The molecule has 2 rings (SSSR count). The Labute approximate surface area is 143 Å². The number of amides is 1. The van der Waals surface area contributed by atoms with Crippen molar-refractivity contribution in [1.29, 1.82) is 0 Å². The second-order valence-electron chi connectivity index (χ2n) is 5.00. The van der Waals surface area contributed by atoms with E-state index in [-0.39, 0.29) is 5.91 Å². The van der Waals surface area contributed by atoms with Gasteiger partial charge < -0.3 is 16.4 Å². The molecule has 2 aromatic rings. The topological polar surface area (TPSA) is 67.2 Å². The second kappa shape index (κ2) is 9.92. The summed E-state index contributed by atoms with van der Waals surface area (Å²) in [6.45, 7) is 5.27. The molecule has 0 saturated heterocycles. The van der Waals surface area contributed by atoms with Crippen LogP contribution >= 0.6 is 12.6 Å². The van der Waals surface area contributed by atoms with Crippen molar-refractivity contribution < 1.29 is 4.79 Å². The van der Waals surface area contributed by atoms with Crippen LogP contribution in [0.5, 0.6) is 0 Å². The van der Waals surface area contributed by atoms with Crippen LogP contribution < -0.4 is 16.4 Å². The first-order valence-corrected chi connectivity index (χ1v) is 8.37. The molecule has 0 aliphatic heterocycles. The number of hydrogen-bond donors (Lipinski definition) is 4. The van der Waals surface area contributed by atoms with E-state index in [1.54, 1.807) is 12.3 Å². The summed E-state index contributed by atoms with van der Waals surface area (Å²) >= 11 is 3.53. The smallest absolute Gasteiger partial charge is 0.255 e. The maximum Gasteiger partial charge on any atom is 0.255 e. The predicted octanol–water partition coefficient (Wildman–Crippen LogP) is 3.47. The number of carbonyl (C=O) groups excluding carboxylic acids is 1. The quantitative estimate of drug-likeness (QED) is 0.634. The van der Waals surface area contributed by atoms with Crippen LogP contribution in [0, 0.1) is 13.8 Å². The van der Waals surface area contributed by atoms with Crippen LogP contribution in [0.4, 0.5) is 11.4 Å². The van der Waals surface area contributed by atoms with Crippen LogP contribution in [0.25, 0.3) is 0 Å². The summed E-state index contributed by atoms with van der Waals surface area (Å²) in [6.07, 6.45) is 1.69. The van der Waals surface area contributed by atoms with Crippen molar-refractivity contribution in [2.24, 2.45) is 5.73 Å². The Morgan fingerprint density at radius 1 is 1.13 bits per heavy atom. The Morgan fingerprint density at radius 3 is 2.52 bits per heavy atom. The van der Waals surface area contributed by atoms with Crippen molar-refractivity contribution in [3.8, 4) is 0 Å². The average Bonchev–Trinajstić information content (AvgIpc) is 2.59. The predicted molar refractivity (Wildman–Crippen MR) is 103 cm³/mol. The summed E-state index contributed by atoms with van der Waals surface area (Å²) in [6, 6.07) is 13.3. The minimum absolute atomic E-state index is 0.111. The Balaban J connectivity index is 0.00000127. The van der Waals surface area contributed by atoms with Gasteiger partial charge in [0.05, 0.1) is 0 Å². The molecule has 0 heterocycles. The molecule has 0 aliphatic rings. The highest BCUT2D eigenvalue weighted by Gasteiger charge is 2.09. The van der Waals surface area contributed by atoms with Gasteiger partial charge in [0.2, 0.25) is 0 Å². The highest BCUT2D eigenvalue weighted by molar-refractivity contribution is 7.79. The van der Waals surface area contributed by atoms with Crippen molar-refractivity contribution in [2.45, 2.75) is 13.8 Å². The monoisotopic (exact) mass is 331 g/mol. The first-order valence-electron chi connectivity index (χ1n) is 7.48. The maximum absolute atomic E-state index is 12.3. The van der Waals surface area contributed by atoms with Gasteiger partial charge in [0.15, 0.2) is 0 Å². The summed E-state index contributed by atoms with van der Waals surface area (Å²) in [5.41, 5.74) is 10.1. The number of nitrogens with two attached hydrogens (primary N) is 1. The highest BCUT2D eigenvalue weighted by Crippen LogP contribution is 2.19. The SMILES string of the molecule is CS.Cc1cccc(NC(=O)c2cccc(NCCN)c2)c1C. The molecule has 0 fully saturated rings. The minimum atomic E-state index is -0.111. The fraction of sp³-hybridized carbons (Fsp3) is 0.278. The fourth-order valence-electron chi connectivity index (χ4n) is 2.07. The Hall–Kier alpha value is -1.98. The van der Waals surface area contributed by atoms with E-state index >= 15 is 0 Å². The van der Waals surface area contributed by atoms with E-state index in [0.29, 0.717) is 18.7 Å². The van der Waals surface area contributed by atoms with Gasteiger partial charge in [0.1, 0.15) is 0 Å². The largest absolute Gasteiger partial charge is 0.384 e. The number of anilines is 2. The first kappa shape index (κ1) is 19.1. The zero-order valence-corrected chi connectivity index (χ0v) is 14.8. The van der Waals surface area contributed by atoms with E-state index in [9.17, 15) is 4.79 Å². The lowest BCUT2D eigenvalue weighted by Crippen LogP contribution is -2.15. The lowest BCUT2D eigenvalue weighted by molar-refractivity contribution is 0.102. The molecule has 124 valence electrons. The lowest BCUT2D eigenvalue weighted by Gasteiger charge is -2.11. The second-order valence-corrected chi connectivity index (χ2v) is 5.00. The summed E-state index contributed by atoms with van der Waals surface area (Å²) < 4.78 is 0. The van der Waals surface area contributed by atoms with E-state index in [1.165, 1.54) is 0 Å². The van der Waals surface area contributed by atoms with Gasteiger partial charge in [-0.05, 0) is 55.5 Å². The number of aryl methyl sites for hydroxylation is 1. The third-order valence-corrected chi connectivity index (χ3v) is 3.45. The van der Waals surface area contributed by atoms with Gasteiger partial charge in [-0.1, -0.05) is 18.2 Å². The molecule has 0 bridgehead atoms. The molecule has 0 spiro atoms. The molecule has 0 radical (unpaired) electrons. The molecule has 23 heavy (non-hydrogen) atoms. The van der Waals surface area contributed by atoms with Gasteiger partial charge in [-0.2, -0.15) is 12.6 Å².